The average molecular weight is 427 g/mol. The maximum absolute atomic E-state index is 6.72. The predicted molar refractivity (Wildman–Crippen MR) is 126 cm³/mol. The van der Waals surface area contributed by atoms with Gasteiger partial charge in [0.05, 0.1) is 16.1 Å². The predicted octanol–water partition coefficient (Wildman–Crippen LogP) is 7.76. The Morgan fingerprint density at radius 1 is 0.533 bits per heavy atom. The van der Waals surface area contributed by atoms with Crippen molar-refractivity contribution in [2.24, 2.45) is 0 Å². The molecule has 0 spiro atoms. The van der Waals surface area contributed by atoms with Crippen LogP contribution < -0.4 is 4.57 Å². The van der Waals surface area contributed by atoms with Crippen molar-refractivity contribution in [2.75, 3.05) is 0 Å². The number of halogens is 2. The summed E-state index contributed by atoms with van der Waals surface area (Å²) in [6.07, 6.45) is 2.17. The molecule has 0 unspecified atom stereocenters. The van der Waals surface area contributed by atoms with Gasteiger partial charge in [-0.25, -0.2) is 0 Å². The number of hydrogen-bond acceptors (Lipinski definition) is 0. The Bertz CT molecular complexity index is 1360. The van der Waals surface area contributed by atoms with E-state index in [9.17, 15) is 0 Å². The Morgan fingerprint density at radius 2 is 1.10 bits per heavy atom. The fourth-order valence-corrected chi connectivity index (χ4v) is 4.39. The van der Waals surface area contributed by atoms with Gasteiger partial charge in [-0.1, -0.05) is 89.9 Å². The number of rotatable bonds is 3. The first-order valence-corrected chi connectivity index (χ1v) is 10.5. The molecule has 4 aromatic carbocycles. The van der Waals surface area contributed by atoms with E-state index < -0.39 is 0 Å². The Morgan fingerprint density at radius 3 is 1.80 bits per heavy atom. The summed E-state index contributed by atoms with van der Waals surface area (Å²) >= 11 is 13.4. The number of para-hydroxylation sites is 1. The van der Waals surface area contributed by atoms with Gasteiger partial charge in [-0.2, -0.15) is 4.57 Å². The Hall–Kier alpha value is -3.13. The van der Waals surface area contributed by atoms with Gasteiger partial charge in [-0.05, 0) is 24.3 Å². The second-order valence-corrected chi connectivity index (χ2v) is 7.92. The number of nitrogens with zero attached hydrogens (tertiary/aromatic N) is 1. The summed E-state index contributed by atoms with van der Waals surface area (Å²) in [5, 5.41) is 3.67. The first-order valence-electron chi connectivity index (χ1n) is 9.76. The summed E-state index contributed by atoms with van der Waals surface area (Å²) in [7, 11) is 0. The molecule has 0 amide bonds. The molecule has 1 nitrogen and oxygen atoms in total. The Labute approximate surface area is 185 Å². The van der Waals surface area contributed by atoms with Gasteiger partial charge in [-0.3, -0.25) is 0 Å². The van der Waals surface area contributed by atoms with E-state index in [1.807, 2.05) is 54.6 Å². The Kier molecular flexibility index (Phi) is 5.00. The largest absolute Gasteiger partial charge is 0.228 e. The molecular weight excluding hydrogens is 409 g/mol. The maximum Gasteiger partial charge on any atom is 0.228 e. The standard InChI is InChI=1S/C27H18Cl2N/c28-24-16-8-6-14-22(24)26-21-13-5-4-10-19(21)18-30(20-11-2-1-3-12-20)27(26)23-15-7-9-17-25(23)29/h1-18H/q+1. The van der Waals surface area contributed by atoms with Crippen LogP contribution >= 0.6 is 23.2 Å². The lowest BCUT2D eigenvalue weighted by Gasteiger charge is -2.15. The minimum atomic E-state index is 0.700. The zero-order valence-electron chi connectivity index (χ0n) is 16.1. The number of aromatic nitrogens is 1. The molecule has 0 saturated heterocycles. The average Bonchev–Trinajstić information content (AvgIpc) is 2.79. The van der Waals surface area contributed by atoms with Crippen molar-refractivity contribution in [1.82, 2.24) is 0 Å². The van der Waals surface area contributed by atoms with E-state index in [0.29, 0.717) is 10.0 Å². The van der Waals surface area contributed by atoms with Gasteiger partial charge in [-0.15, -0.1) is 0 Å². The molecule has 0 aliphatic heterocycles. The zero-order chi connectivity index (χ0) is 20.5. The molecule has 0 fully saturated rings. The van der Waals surface area contributed by atoms with Crippen LogP contribution in [-0.2, 0) is 0 Å². The fraction of sp³-hybridized carbons (Fsp3) is 0. The number of hydrogen-bond donors (Lipinski definition) is 0. The zero-order valence-corrected chi connectivity index (χ0v) is 17.6. The van der Waals surface area contributed by atoms with Crippen LogP contribution in [-0.4, -0.2) is 0 Å². The van der Waals surface area contributed by atoms with E-state index in [4.69, 9.17) is 23.2 Å². The summed E-state index contributed by atoms with van der Waals surface area (Å²) in [6, 6.07) is 34.6. The van der Waals surface area contributed by atoms with E-state index >= 15 is 0 Å². The minimum Gasteiger partial charge on any atom is -0.159 e. The molecule has 5 rings (SSSR count). The van der Waals surface area contributed by atoms with Crippen LogP contribution in [0.4, 0.5) is 0 Å². The summed E-state index contributed by atoms with van der Waals surface area (Å²) in [6.45, 7) is 0. The molecule has 0 aliphatic carbocycles. The highest BCUT2D eigenvalue weighted by Gasteiger charge is 2.27. The van der Waals surface area contributed by atoms with Gasteiger partial charge in [0.2, 0.25) is 11.4 Å². The molecule has 3 heteroatoms. The third-order valence-electron chi connectivity index (χ3n) is 5.28. The molecule has 1 heterocycles. The normalized spacial score (nSPS) is 11.0. The number of fused-ring (bicyclic) bond motifs is 1. The van der Waals surface area contributed by atoms with Crippen molar-refractivity contribution in [3.63, 3.8) is 0 Å². The van der Waals surface area contributed by atoms with E-state index in [1.165, 1.54) is 0 Å². The lowest BCUT2D eigenvalue weighted by atomic mass is 9.93. The van der Waals surface area contributed by atoms with Crippen LogP contribution in [0.3, 0.4) is 0 Å². The van der Waals surface area contributed by atoms with Crippen LogP contribution in [0.2, 0.25) is 10.0 Å². The van der Waals surface area contributed by atoms with Gasteiger partial charge in [0.1, 0.15) is 0 Å². The highest BCUT2D eigenvalue weighted by atomic mass is 35.5. The first-order chi connectivity index (χ1) is 14.7. The molecule has 0 aliphatic rings. The molecule has 144 valence electrons. The molecule has 0 atom stereocenters. The molecule has 0 bridgehead atoms. The van der Waals surface area contributed by atoms with Crippen molar-refractivity contribution in [1.29, 1.82) is 0 Å². The van der Waals surface area contributed by atoms with E-state index in [2.05, 4.69) is 59.3 Å². The van der Waals surface area contributed by atoms with Crippen LogP contribution in [0.15, 0.2) is 109 Å². The second-order valence-electron chi connectivity index (χ2n) is 7.11. The molecule has 0 N–H and O–H groups in total. The smallest absolute Gasteiger partial charge is 0.159 e. The minimum absolute atomic E-state index is 0.700. The highest BCUT2D eigenvalue weighted by molar-refractivity contribution is 6.35. The van der Waals surface area contributed by atoms with Crippen LogP contribution in [0, 0.1) is 0 Å². The maximum atomic E-state index is 6.72. The molecule has 30 heavy (non-hydrogen) atoms. The third-order valence-corrected chi connectivity index (χ3v) is 5.94. The van der Waals surface area contributed by atoms with Crippen LogP contribution in [0.25, 0.3) is 38.8 Å². The SMILES string of the molecule is Clc1ccccc1-c1c(-c2ccccc2Cl)[n+](-c2ccccc2)cc2ccccc12. The Balaban J connectivity index is 2.02. The highest BCUT2D eigenvalue weighted by Crippen LogP contribution is 2.41. The molecule has 5 aromatic rings. The molecule has 1 aromatic heterocycles. The van der Waals surface area contributed by atoms with E-state index in [1.54, 1.807) is 0 Å². The molecule has 0 radical (unpaired) electrons. The first kappa shape index (κ1) is 18.9. The molecule has 0 saturated carbocycles. The van der Waals surface area contributed by atoms with Gasteiger partial charge in [0, 0.05) is 33.5 Å². The van der Waals surface area contributed by atoms with Gasteiger partial charge in [0.25, 0.3) is 0 Å². The fourth-order valence-electron chi connectivity index (χ4n) is 3.94. The summed E-state index contributed by atoms with van der Waals surface area (Å²) in [5.74, 6) is 0. The topological polar surface area (TPSA) is 3.88 Å². The van der Waals surface area contributed by atoms with Gasteiger partial charge >= 0.3 is 0 Å². The van der Waals surface area contributed by atoms with Crippen molar-refractivity contribution in [3.8, 4) is 28.1 Å². The van der Waals surface area contributed by atoms with Crippen molar-refractivity contribution >= 4 is 34.0 Å². The van der Waals surface area contributed by atoms with Gasteiger partial charge < -0.3 is 0 Å². The lowest BCUT2D eigenvalue weighted by Crippen LogP contribution is -2.34. The summed E-state index contributed by atoms with van der Waals surface area (Å²) in [5.41, 5.74) is 5.08. The summed E-state index contributed by atoms with van der Waals surface area (Å²) in [4.78, 5) is 0. The van der Waals surface area contributed by atoms with Crippen LogP contribution in [0.1, 0.15) is 0 Å². The summed E-state index contributed by atoms with van der Waals surface area (Å²) < 4.78 is 2.21. The lowest BCUT2D eigenvalue weighted by molar-refractivity contribution is -0.581. The third kappa shape index (κ3) is 3.27. The number of benzene rings is 4. The van der Waals surface area contributed by atoms with E-state index in [-0.39, 0.29) is 0 Å². The van der Waals surface area contributed by atoms with Crippen molar-refractivity contribution < 1.29 is 4.57 Å². The second kappa shape index (κ2) is 7.95. The van der Waals surface area contributed by atoms with Gasteiger partial charge in [0.15, 0.2) is 6.20 Å². The van der Waals surface area contributed by atoms with Crippen molar-refractivity contribution in [2.45, 2.75) is 0 Å². The monoisotopic (exact) mass is 426 g/mol. The van der Waals surface area contributed by atoms with E-state index in [0.717, 1.165) is 38.8 Å². The number of pyridine rings is 1. The van der Waals surface area contributed by atoms with Crippen LogP contribution in [0.5, 0.6) is 0 Å². The quantitative estimate of drug-likeness (QED) is 0.259. The van der Waals surface area contributed by atoms with Crippen molar-refractivity contribution in [3.05, 3.63) is 119 Å². The molecular formula is C27H18Cl2N+.